The summed E-state index contributed by atoms with van der Waals surface area (Å²) in [6.07, 6.45) is 2.46. The first-order valence-corrected chi connectivity index (χ1v) is 14.5. The van der Waals surface area contributed by atoms with Crippen LogP contribution in [-0.4, -0.2) is 53.2 Å². The number of amides is 4. The predicted molar refractivity (Wildman–Crippen MR) is 153 cm³/mol. The molecule has 226 valence electrons. The van der Waals surface area contributed by atoms with E-state index in [1.165, 1.54) is 4.90 Å². The molecule has 11 heteroatoms. The van der Waals surface area contributed by atoms with Gasteiger partial charge < -0.3 is 20.9 Å². The van der Waals surface area contributed by atoms with Crippen LogP contribution in [0, 0.1) is 34.3 Å². The highest BCUT2D eigenvalue weighted by Crippen LogP contribution is 2.46. The Morgan fingerprint density at radius 3 is 2.47 bits per heavy atom. The Morgan fingerprint density at radius 1 is 1.09 bits per heavy atom. The van der Waals surface area contributed by atoms with Gasteiger partial charge in [-0.25, -0.2) is 8.78 Å². The number of likely N-dealkylation sites (tertiary alicyclic amines) is 1. The maximum absolute atomic E-state index is 14.1. The van der Waals surface area contributed by atoms with Crippen LogP contribution in [0.1, 0.15) is 68.8 Å². The van der Waals surface area contributed by atoms with Gasteiger partial charge in [0.25, 0.3) is 5.91 Å². The molecule has 2 aliphatic heterocycles. The van der Waals surface area contributed by atoms with Crippen molar-refractivity contribution in [3.8, 4) is 6.07 Å². The van der Waals surface area contributed by atoms with E-state index in [0.717, 1.165) is 36.6 Å². The average molecular weight is 592 g/mol. The lowest BCUT2D eigenvalue weighted by Gasteiger charge is -2.32. The van der Waals surface area contributed by atoms with E-state index >= 15 is 0 Å². The lowest BCUT2D eigenvalue weighted by molar-refractivity contribution is -0.138. The van der Waals surface area contributed by atoms with Gasteiger partial charge in [-0.3, -0.25) is 19.2 Å². The SMILES string of the molecule is CC(C)(C)C[C@H](NC(=O)[C@H](CC1CC1)NC(=O)c1ccc(F)c(F)c1)C(=O)N1C[C@]2(C[C@H]1C#N)C(=O)Nc1ccccc12. The minimum absolute atomic E-state index is 0.0121. The van der Waals surface area contributed by atoms with Crippen molar-refractivity contribution in [3.63, 3.8) is 0 Å². The monoisotopic (exact) mass is 591 g/mol. The van der Waals surface area contributed by atoms with Gasteiger partial charge in [0, 0.05) is 24.2 Å². The van der Waals surface area contributed by atoms with E-state index in [4.69, 9.17) is 0 Å². The fourth-order valence-electron chi connectivity index (χ4n) is 6.07. The molecule has 43 heavy (non-hydrogen) atoms. The second kappa shape index (κ2) is 11.4. The molecule has 1 spiro atoms. The molecule has 2 aromatic carbocycles. The number of anilines is 1. The first-order valence-electron chi connectivity index (χ1n) is 14.5. The Morgan fingerprint density at radius 2 is 1.81 bits per heavy atom. The van der Waals surface area contributed by atoms with Crippen LogP contribution in [0.5, 0.6) is 0 Å². The molecule has 1 aliphatic carbocycles. The first-order chi connectivity index (χ1) is 20.3. The Hall–Kier alpha value is -4.33. The van der Waals surface area contributed by atoms with Crippen molar-refractivity contribution in [2.75, 3.05) is 11.9 Å². The van der Waals surface area contributed by atoms with Gasteiger partial charge in [0.2, 0.25) is 17.7 Å². The Balaban J connectivity index is 1.38. The van der Waals surface area contributed by atoms with Crippen molar-refractivity contribution in [2.24, 2.45) is 11.3 Å². The number of carbonyl (C=O) groups excluding carboxylic acids is 4. The van der Waals surface area contributed by atoms with Crippen molar-refractivity contribution in [2.45, 2.75) is 76.4 Å². The Kier molecular flexibility index (Phi) is 7.99. The molecular weight excluding hydrogens is 556 g/mol. The highest BCUT2D eigenvalue weighted by Gasteiger charge is 2.56. The summed E-state index contributed by atoms with van der Waals surface area (Å²) in [7, 11) is 0. The molecule has 0 radical (unpaired) electrons. The van der Waals surface area contributed by atoms with E-state index in [2.05, 4.69) is 22.0 Å². The van der Waals surface area contributed by atoms with E-state index in [0.29, 0.717) is 12.1 Å². The number of carbonyl (C=O) groups is 4. The first kappa shape index (κ1) is 30.1. The smallest absolute Gasteiger partial charge is 0.252 e. The summed E-state index contributed by atoms with van der Waals surface area (Å²) >= 11 is 0. The molecule has 0 unspecified atom stereocenters. The number of hydrogen-bond donors (Lipinski definition) is 3. The molecule has 0 aromatic heterocycles. The van der Waals surface area contributed by atoms with Crippen LogP contribution < -0.4 is 16.0 Å². The van der Waals surface area contributed by atoms with Gasteiger partial charge in [-0.15, -0.1) is 0 Å². The second-order valence-electron chi connectivity index (χ2n) is 13.1. The third kappa shape index (κ3) is 6.24. The summed E-state index contributed by atoms with van der Waals surface area (Å²) in [5.41, 5.74) is -0.236. The summed E-state index contributed by atoms with van der Waals surface area (Å²) in [5, 5.41) is 18.4. The van der Waals surface area contributed by atoms with E-state index < -0.39 is 58.3 Å². The number of nitriles is 1. The number of hydrogen-bond acceptors (Lipinski definition) is 5. The van der Waals surface area contributed by atoms with Gasteiger partial charge in [-0.05, 0) is 54.0 Å². The van der Waals surface area contributed by atoms with Gasteiger partial charge in [-0.1, -0.05) is 51.8 Å². The molecule has 4 atom stereocenters. The number of rotatable bonds is 8. The zero-order valence-corrected chi connectivity index (χ0v) is 24.4. The lowest BCUT2D eigenvalue weighted by atomic mass is 9.80. The van der Waals surface area contributed by atoms with Crippen LogP contribution in [-0.2, 0) is 19.8 Å². The molecule has 1 saturated heterocycles. The summed E-state index contributed by atoms with van der Waals surface area (Å²) in [4.78, 5) is 55.3. The predicted octanol–water partition coefficient (Wildman–Crippen LogP) is 3.80. The Labute approximate surface area is 249 Å². The average Bonchev–Trinajstić information content (AvgIpc) is 3.62. The summed E-state index contributed by atoms with van der Waals surface area (Å²) in [5.74, 6) is -4.15. The number of nitrogens with zero attached hydrogens (tertiary/aromatic N) is 2. The van der Waals surface area contributed by atoms with Crippen LogP contribution in [0.15, 0.2) is 42.5 Å². The van der Waals surface area contributed by atoms with Crippen molar-refractivity contribution in [3.05, 3.63) is 65.2 Å². The minimum Gasteiger partial charge on any atom is -0.342 e. The number of benzene rings is 2. The molecule has 3 aliphatic rings. The molecule has 2 heterocycles. The van der Waals surface area contributed by atoms with Crippen LogP contribution in [0.4, 0.5) is 14.5 Å². The van der Waals surface area contributed by atoms with E-state index in [9.17, 15) is 33.2 Å². The van der Waals surface area contributed by atoms with Crippen LogP contribution in [0.2, 0.25) is 0 Å². The van der Waals surface area contributed by atoms with Crippen molar-refractivity contribution in [1.82, 2.24) is 15.5 Å². The molecule has 0 bridgehead atoms. The van der Waals surface area contributed by atoms with Crippen LogP contribution in [0.3, 0.4) is 0 Å². The summed E-state index contributed by atoms with van der Waals surface area (Å²) in [6, 6.07) is 9.19. The normalized spacial score (nSPS) is 22.4. The van der Waals surface area contributed by atoms with E-state index in [-0.39, 0.29) is 36.8 Å². The third-order valence-corrected chi connectivity index (χ3v) is 8.42. The molecule has 9 nitrogen and oxygen atoms in total. The van der Waals surface area contributed by atoms with Gasteiger partial charge in [0.05, 0.1) is 11.5 Å². The maximum Gasteiger partial charge on any atom is 0.252 e. The summed E-state index contributed by atoms with van der Waals surface area (Å²) in [6.45, 7) is 5.74. The number of halogens is 2. The lowest BCUT2D eigenvalue weighted by Crippen LogP contribution is -2.56. The topological polar surface area (TPSA) is 131 Å². The maximum atomic E-state index is 14.1. The largest absolute Gasteiger partial charge is 0.342 e. The van der Waals surface area contributed by atoms with Crippen LogP contribution >= 0.6 is 0 Å². The van der Waals surface area contributed by atoms with Gasteiger partial charge in [0.15, 0.2) is 11.6 Å². The second-order valence-corrected chi connectivity index (χ2v) is 13.1. The molecule has 2 aromatic rings. The minimum atomic E-state index is -1.18. The molecule has 1 saturated carbocycles. The van der Waals surface area contributed by atoms with Crippen molar-refractivity contribution in [1.29, 1.82) is 5.26 Å². The molecule has 3 N–H and O–H groups in total. The zero-order chi connectivity index (χ0) is 31.1. The van der Waals surface area contributed by atoms with E-state index in [1.54, 1.807) is 12.1 Å². The Bertz CT molecular complexity index is 1510. The number of nitrogens with one attached hydrogen (secondary N) is 3. The fraction of sp³-hybridized carbons (Fsp3) is 0.469. The fourth-order valence-corrected chi connectivity index (χ4v) is 6.07. The zero-order valence-electron chi connectivity index (χ0n) is 24.4. The molecular formula is C32H35F2N5O4. The highest BCUT2D eigenvalue weighted by atomic mass is 19.2. The molecule has 4 amide bonds. The van der Waals surface area contributed by atoms with Crippen molar-refractivity contribution >= 4 is 29.3 Å². The standard InChI is InChI=1S/C32H35F2N5O4/c1-31(2,3)15-26(29(42)39-17-32(14-20(39)16-35)21-6-4-5-7-24(21)38-30(32)43)37-28(41)25(12-18-8-9-18)36-27(40)19-10-11-22(33)23(34)13-19/h4-7,10-11,13,18,20,25-26H,8-9,12,14-15,17H2,1-3H3,(H,36,40)(H,37,41)(H,38,43)/t20-,25-,26-,32-/m0/s1. The quantitative estimate of drug-likeness (QED) is 0.430. The van der Waals surface area contributed by atoms with Crippen molar-refractivity contribution < 1.29 is 28.0 Å². The van der Waals surface area contributed by atoms with E-state index in [1.807, 2.05) is 32.9 Å². The third-order valence-electron chi connectivity index (χ3n) is 8.42. The van der Waals surface area contributed by atoms with Gasteiger partial charge in [0.1, 0.15) is 18.1 Å². The highest BCUT2D eigenvalue weighted by molar-refractivity contribution is 6.07. The number of fused-ring (bicyclic) bond motifs is 2. The van der Waals surface area contributed by atoms with Gasteiger partial charge in [-0.2, -0.15) is 5.26 Å². The van der Waals surface area contributed by atoms with Crippen LogP contribution in [0.25, 0.3) is 0 Å². The molecule has 2 fully saturated rings. The molecule has 5 rings (SSSR count). The summed E-state index contributed by atoms with van der Waals surface area (Å²) < 4.78 is 27.2. The number of para-hydroxylation sites is 1. The van der Waals surface area contributed by atoms with Gasteiger partial charge >= 0.3 is 0 Å².